The lowest BCUT2D eigenvalue weighted by Crippen LogP contribution is -2.24. The number of benzene rings is 1. The summed E-state index contributed by atoms with van der Waals surface area (Å²) < 4.78 is 32.1. The summed E-state index contributed by atoms with van der Waals surface area (Å²) in [5, 5.41) is 2.51. The Morgan fingerprint density at radius 3 is 2.79 bits per heavy atom. The molecule has 1 aliphatic rings. The van der Waals surface area contributed by atoms with Crippen molar-refractivity contribution in [2.24, 2.45) is 4.40 Å². The van der Waals surface area contributed by atoms with Crippen molar-refractivity contribution in [2.75, 3.05) is 12.4 Å². The fraction of sp³-hybridized carbons (Fsp3) is 0.273. The number of thioether (sulfide) groups is 1. The number of nitrogens with zero attached hydrogens (tertiary/aromatic N) is 1. The van der Waals surface area contributed by atoms with E-state index in [9.17, 15) is 13.2 Å². The predicted octanol–water partition coefficient (Wildman–Crippen LogP) is 1.45. The SMILES string of the molecule is COC(=O)[C@H](C)SC1=NS(=O)(=O)c2ccccc2N1. The molecular formula is C11H12N2O4S2. The number of hydrogen-bond acceptors (Lipinski definition) is 6. The quantitative estimate of drug-likeness (QED) is 0.832. The van der Waals surface area contributed by atoms with Crippen LogP contribution in [0, 0.1) is 0 Å². The summed E-state index contributed by atoms with van der Waals surface area (Å²) in [5.74, 6) is -0.439. The normalized spacial score (nSPS) is 17.7. The van der Waals surface area contributed by atoms with Gasteiger partial charge < -0.3 is 10.1 Å². The molecule has 0 aliphatic carbocycles. The number of carbonyl (C=O) groups excluding carboxylic acids is 1. The van der Waals surface area contributed by atoms with Gasteiger partial charge in [-0.2, -0.15) is 8.42 Å². The van der Waals surface area contributed by atoms with Gasteiger partial charge in [-0.1, -0.05) is 23.9 Å². The molecule has 0 unspecified atom stereocenters. The Hall–Kier alpha value is -1.54. The van der Waals surface area contributed by atoms with Gasteiger partial charge in [-0.3, -0.25) is 4.79 Å². The third-order valence-electron chi connectivity index (χ3n) is 2.43. The average Bonchev–Trinajstić information content (AvgIpc) is 2.37. The van der Waals surface area contributed by atoms with Crippen molar-refractivity contribution in [3.8, 4) is 0 Å². The number of amidine groups is 1. The maximum absolute atomic E-state index is 11.9. The van der Waals surface area contributed by atoms with E-state index < -0.39 is 21.2 Å². The molecule has 0 fully saturated rings. The fourth-order valence-corrected chi connectivity index (χ4v) is 3.70. The van der Waals surface area contributed by atoms with Crippen LogP contribution in [0.25, 0.3) is 0 Å². The Kier molecular flexibility index (Phi) is 3.81. The fourth-order valence-electron chi connectivity index (χ4n) is 1.52. The Labute approximate surface area is 115 Å². The van der Waals surface area contributed by atoms with Gasteiger partial charge in [-0.15, -0.1) is 4.40 Å². The van der Waals surface area contributed by atoms with Crippen LogP contribution in [-0.2, 0) is 19.6 Å². The minimum absolute atomic E-state index is 0.130. The highest BCUT2D eigenvalue weighted by atomic mass is 32.2. The molecule has 1 aromatic rings. The van der Waals surface area contributed by atoms with E-state index in [1.807, 2.05) is 0 Å². The molecule has 2 rings (SSSR count). The third kappa shape index (κ3) is 2.90. The third-order valence-corrected chi connectivity index (χ3v) is 4.84. The topological polar surface area (TPSA) is 84.8 Å². The van der Waals surface area contributed by atoms with Gasteiger partial charge in [-0.05, 0) is 19.1 Å². The van der Waals surface area contributed by atoms with E-state index in [0.29, 0.717) is 5.69 Å². The first-order valence-electron chi connectivity index (χ1n) is 5.39. The van der Waals surface area contributed by atoms with Crippen LogP contribution in [0.4, 0.5) is 5.69 Å². The van der Waals surface area contributed by atoms with Crippen molar-refractivity contribution in [1.82, 2.24) is 0 Å². The molecule has 1 aromatic carbocycles. The van der Waals surface area contributed by atoms with Gasteiger partial charge in [0.15, 0.2) is 5.17 Å². The summed E-state index contributed by atoms with van der Waals surface area (Å²) in [5.41, 5.74) is 0.456. The predicted molar refractivity (Wildman–Crippen MR) is 73.8 cm³/mol. The van der Waals surface area contributed by atoms with Gasteiger partial charge in [0.05, 0.1) is 12.8 Å². The highest BCUT2D eigenvalue weighted by Gasteiger charge is 2.27. The Balaban J connectivity index is 2.28. The summed E-state index contributed by atoms with van der Waals surface area (Å²) in [6.07, 6.45) is 0. The first-order chi connectivity index (χ1) is 8.94. The average molecular weight is 300 g/mol. The lowest BCUT2D eigenvalue weighted by atomic mass is 10.3. The molecule has 0 bridgehead atoms. The number of para-hydroxylation sites is 1. The molecule has 1 heterocycles. The number of ether oxygens (including phenoxy) is 1. The monoisotopic (exact) mass is 300 g/mol. The van der Waals surface area contributed by atoms with E-state index >= 15 is 0 Å². The number of esters is 1. The van der Waals surface area contributed by atoms with Gasteiger partial charge in [0.2, 0.25) is 0 Å². The van der Waals surface area contributed by atoms with Gasteiger partial charge in [0.1, 0.15) is 10.1 Å². The highest BCUT2D eigenvalue weighted by molar-refractivity contribution is 8.15. The zero-order valence-corrected chi connectivity index (χ0v) is 11.9. The molecule has 1 aliphatic heterocycles. The number of carbonyl (C=O) groups is 1. The van der Waals surface area contributed by atoms with Crippen LogP contribution in [-0.4, -0.2) is 31.9 Å². The molecule has 6 nitrogen and oxygen atoms in total. The van der Waals surface area contributed by atoms with Gasteiger partial charge >= 0.3 is 5.97 Å². The number of methoxy groups -OCH3 is 1. The number of fused-ring (bicyclic) bond motifs is 1. The Bertz CT molecular complexity index is 640. The molecule has 1 atom stereocenters. The molecule has 0 saturated heterocycles. The molecule has 102 valence electrons. The van der Waals surface area contributed by atoms with Gasteiger partial charge in [0, 0.05) is 0 Å². The molecular weight excluding hydrogens is 288 g/mol. The smallest absolute Gasteiger partial charge is 0.318 e. The standard InChI is InChI=1S/C11H12N2O4S2/c1-7(10(14)17-2)18-11-12-8-5-3-4-6-9(8)19(15,16)13-11/h3-7H,1-2H3,(H,12,13)/t7-/m0/s1. The largest absolute Gasteiger partial charge is 0.468 e. The minimum atomic E-state index is -3.72. The molecule has 0 amide bonds. The number of rotatable bonds is 2. The van der Waals surface area contributed by atoms with E-state index in [0.717, 1.165) is 11.8 Å². The van der Waals surface area contributed by atoms with E-state index in [-0.39, 0.29) is 10.1 Å². The lowest BCUT2D eigenvalue weighted by molar-refractivity contribution is -0.139. The van der Waals surface area contributed by atoms with Crippen molar-refractivity contribution in [1.29, 1.82) is 0 Å². The van der Waals surface area contributed by atoms with Crippen LogP contribution in [0.2, 0.25) is 0 Å². The summed E-state index contributed by atoms with van der Waals surface area (Å²) in [6, 6.07) is 6.47. The first kappa shape index (κ1) is 13.9. The van der Waals surface area contributed by atoms with Crippen molar-refractivity contribution >= 4 is 38.6 Å². The first-order valence-corrected chi connectivity index (χ1v) is 7.71. The van der Waals surface area contributed by atoms with Crippen molar-refractivity contribution in [2.45, 2.75) is 17.1 Å². The molecule has 1 N–H and O–H groups in total. The second-order valence-corrected chi connectivity index (χ2v) is 6.68. The molecule has 19 heavy (non-hydrogen) atoms. The van der Waals surface area contributed by atoms with Gasteiger partial charge in [-0.25, -0.2) is 0 Å². The van der Waals surface area contributed by atoms with E-state index in [1.54, 1.807) is 25.1 Å². The molecule has 0 radical (unpaired) electrons. The lowest BCUT2D eigenvalue weighted by Gasteiger charge is -2.18. The van der Waals surface area contributed by atoms with E-state index in [1.165, 1.54) is 13.2 Å². The molecule has 0 spiro atoms. The van der Waals surface area contributed by atoms with Crippen LogP contribution in [0.15, 0.2) is 33.6 Å². The van der Waals surface area contributed by atoms with Crippen LogP contribution >= 0.6 is 11.8 Å². The number of hydrogen-bond donors (Lipinski definition) is 1. The number of sulfonamides is 1. The summed E-state index contributed by atoms with van der Waals surface area (Å²) in [4.78, 5) is 11.4. The molecule has 8 heteroatoms. The van der Waals surface area contributed by atoms with Crippen molar-refractivity contribution < 1.29 is 17.9 Å². The number of anilines is 1. The van der Waals surface area contributed by atoms with E-state index in [4.69, 9.17) is 0 Å². The van der Waals surface area contributed by atoms with Crippen LogP contribution in [0.5, 0.6) is 0 Å². The number of nitrogens with one attached hydrogen (secondary N) is 1. The van der Waals surface area contributed by atoms with Gasteiger partial charge in [0.25, 0.3) is 10.0 Å². The Morgan fingerprint density at radius 2 is 2.11 bits per heavy atom. The maximum atomic E-state index is 11.9. The summed E-state index contributed by atoms with van der Waals surface area (Å²) in [7, 11) is -2.44. The second-order valence-electron chi connectivity index (χ2n) is 3.78. The zero-order chi connectivity index (χ0) is 14.0. The second kappa shape index (κ2) is 5.22. The molecule has 0 aromatic heterocycles. The van der Waals surface area contributed by atoms with Crippen LogP contribution < -0.4 is 5.32 Å². The zero-order valence-electron chi connectivity index (χ0n) is 10.3. The Morgan fingerprint density at radius 1 is 1.42 bits per heavy atom. The van der Waals surface area contributed by atoms with Crippen molar-refractivity contribution in [3.63, 3.8) is 0 Å². The highest BCUT2D eigenvalue weighted by Crippen LogP contribution is 2.30. The maximum Gasteiger partial charge on any atom is 0.318 e. The van der Waals surface area contributed by atoms with Crippen LogP contribution in [0.1, 0.15) is 6.92 Å². The van der Waals surface area contributed by atoms with E-state index in [2.05, 4.69) is 14.5 Å². The van der Waals surface area contributed by atoms with Crippen LogP contribution in [0.3, 0.4) is 0 Å². The minimum Gasteiger partial charge on any atom is -0.468 e. The molecule has 0 saturated carbocycles. The summed E-state index contributed by atoms with van der Waals surface area (Å²) >= 11 is 1.00. The summed E-state index contributed by atoms with van der Waals surface area (Å²) in [6.45, 7) is 1.62. The van der Waals surface area contributed by atoms with Crippen molar-refractivity contribution in [3.05, 3.63) is 24.3 Å².